The largest absolute Gasteiger partial charge is 0.549 e. The molecule has 0 heterocycles. The van der Waals surface area contributed by atoms with E-state index in [2.05, 4.69) is 53.0 Å². The van der Waals surface area contributed by atoms with Gasteiger partial charge in [0.25, 0.3) is 0 Å². The molecule has 0 rings (SSSR count). The number of carbonyl (C=O) groups excluding carboxylic acids is 2. The summed E-state index contributed by atoms with van der Waals surface area (Å²) < 4.78 is 0. The van der Waals surface area contributed by atoms with Crippen molar-refractivity contribution in [2.24, 2.45) is 11.8 Å². The van der Waals surface area contributed by atoms with Gasteiger partial charge in [-0.15, -0.1) is 0 Å². The number of hydrogen-bond acceptors (Lipinski definition) is 6. The average Bonchev–Trinajstić information content (AvgIpc) is 2.60. The summed E-state index contributed by atoms with van der Waals surface area (Å²) in [5, 5.41) is 19.5. The summed E-state index contributed by atoms with van der Waals surface area (Å²) in [6.07, 6.45) is 12.8. The molecular weight excluding hydrogens is 514 g/mol. The van der Waals surface area contributed by atoms with Crippen LogP contribution in [-0.4, -0.2) is 46.9 Å². The van der Waals surface area contributed by atoms with Crippen LogP contribution in [0.4, 0.5) is 0 Å². The molecule has 0 aliphatic heterocycles. The smallest absolute Gasteiger partial charge is 0.0541 e. The number of carbonyl (C=O) groups is 2. The molecule has 173 valence electrons. The van der Waals surface area contributed by atoms with Crippen LogP contribution in [-0.2, 0) is 9.59 Å². The Kier molecular flexibility index (Phi) is 27.2. The molecule has 0 aromatic heterocycles. The van der Waals surface area contributed by atoms with Gasteiger partial charge in [0.1, 0.15) is 0 Å². The first-order chi connectivity index (χ1) is 13.1. The van der Waals surface area contributed by atoms with Gasteiger partial charge in [-0.05, 0) is 24.7 Å². The number of thiol groups is 2. The van der Waals surface area contributed by atoms with Gasteiger partial charge in [0.15, 0.2) is 0 Å². The van der Waals surface area contributed by atoms with Crippen LogP contribution in [0.3, 0.4) is 0 Å². The molecule has 2 unspecified atom stereocenters. The number of carboxylic acids is 2. The third-order valence-corrected chi connectivity index (χ3v) is 5.50. The Labute approximate surface area is 207 Å². The van der Waals surface area contributed by atoms with Crippen molar-refractivity contribution < 1.29 is 19.8 Å². The first kappa shape index (κ1) is 34.1. The van der Waals surface area contributed by atoms with E-state index in [0.29, 0.717) is 12.8 Å². The first-order valence-corrected chi connectivity index (χ1v) is 11.9. The van der Waals surface area contributed by atoms with Gasteiger partial charge < -0.3 is 19.8 Å². The normalized spacial score (nSPS) is 12.7. The Morgan fingerprint density at radius 2 is 0.828 bits per heavy atom. The summed E-state index contributed by atoms with van der Waals surface area (Å²) >= 11 is 7.84. The topological polar surface area (TPSA) is 80.3 Å². The quantitative estimate of drug-likeness (QED) is 0.173. The molecule has 0 aliphatic rings. The van der Waals surface area contributed by atoms with Crippen molar-refractivity contribution in [3.8, 4) is 0 Å². The molecule has 0 aromatic rings. The molecule has 3 radical (unpaired) electrons. The molecule has 0 spiro atoms. The second-order valence-electron chi connectivity index (χ2n) is 8.44. The fraction of sp³-hybridized carbons (Fsp3) is 0.909. The molecule has 2 atom stereocenters. The van der Waals surface area contributed by atoms with Crippen LogP contribution in [0.15, 0.2) is 0 Å². The van der Waals surface area contributed by atoms with E-state index >= 15 is 0 Å². The Morgan fingerprint density at radius 3 is 1.03 bits per heavy atom. The van der Waals surface area contributed by atoms with Gasteiger partial charge in [0.05, 0.1) is 11.9 Å². The van der Waals surface area contributed by atoms with Gasteiger partial charge in [-0.2, -0.15) is 25.3 Å². The van der Waals surface area contributed by atoms with Gasteiger partial charge in [-0.1, -0.05) is 91.9 Å². The second-order valence-corrected chi connectivity index (χ2v) is 9.69. The van der Waals surface area contributed by atoms with Crippen LogP contribution in [0.25, 0.3) is 0 Å². The third-order valence-electron chi connectivity index (χ3n) is 4.56. The van der Waals surface area contributed by atoms with E-state index in [1.165, 1.54) is 38.5 Å². The van der Waals surface area contributed by atoms with E-state index < -0.39 is 22.4 Å². The summed E-state index contributed by atoms with van der Waals surface area (Å²) in [7, 11) is 0. The van der Waals surface area contributed by atoms with Crippen molar-refractivity contribution in [1.82, 2.24) is 0 Å². The molecule has 7 heteroatoms. The van der Waals surface area contributed by atoms with E-state index in [0.717, 1.165) is 37.5 Å². The van der Waals surface area contributed by atoms with Gasteiger partial charge >= 0.3 is 0 Å². The van der Waals surface area contributed by atoms with Crippen molar-refractivity contribution in [3.63, 3.8) is 0 Å². The molecule has 0 N–H and O–H groups in total. The fourth-order valence-electron chi connectivity index (χ4n) is 2.72. The number of aliphatic carboxylic acids is 2. The average molecular weight is 556 g/mol. The molecule has 0 bridgehead atoms. The number of carboxylic acid groups (broad SMARTS) is 2. The summed E-state index contributed by atoms with van der Waals surface area (Å²) in [6.45, 7) is 8.89. The van der Waals surface area contributed by atoms with Crippen molar-refractivity contribution >= 4 is 61.6 Å². The maximum absolute atomic E-state index is 10.3. The van der Waals surface area contributed by atoms with E-state index in [9.17, 15) is 19.8 Å². The van der Waals surface area contributed by atoms with Gasteiger partial charge in [-0.25, -0.2) is 0 Å². The summed E-state index contributed by atoms with van der Waals surface area (Å²) in [4.78, 5) is 20.6. The molecule has 0 saturated heterocycles. The Bertz CT molecular complexity index is 357. The number of hydrogen-bond donors (Lipinski definition) is 2. The number of unbranched alkanes of at least 4 members (excludes halogenated alkanes) is 6. The Morgan fingerprint density at radius 1 is 0.586 bits per heavy atom. The molecule has 29 heavy (non-hydrogen) atoms. The maximum atomic E-state index is 10.3. The zero-order valence-corrected chi connectivity index (χ0v) is 23.1. The van der Waals surface area contributed by atoms with Gasteiger partial charge in [-0.3, -0.25) is 0 Å². The molecule has 0 fully saturated rings. The van der Waals surface area contributed by atoms with Crippen LogP contribution in [0, 0.1) is 11.8 Å². The fourth-order valence-corrected chi connectivity index (χ4v) is 3.09. The Balaban J connectivity index is -0.000000451. The first-order valence-electron chi connectivity index (χ1n) is 10.9. The summed E-state index contributed by atoms with van der Waals surface area (Å²) in [5.74, 6) is -0.544. The maximum Gasteiger partial charge on any atom is 0.0541 e. The molecule has 0 saturated carbocycles. The van der Waals surface area contributed by atoms with Crippen LogP contribution >= 0.6 is 25.3 Å². The van der Waals surface area contributed by atoms with Crippen LogP contribution in [0.1, 0.15) is 105 Å². The predicted molar refractivity (Wildman–Crippen MR) is 126 cm³/mol. The molecular formula is C22H42O4S2Sb-2. The van der Waals surface area contributed by atoms with Crippen LogP contribution in [0.2, 0.25) is 0 Å². The van der Waals surface area contributed by atoms with Crippen molar-refractivity contribution in [1.29, 1.82) is 0 Å². The predicted octanol–water partition coefficient (Wildman–Crippen LogP) is 3.68. The van der Waals surface area contributed by atoms with Crippen molar-refractivity contribution in [3.05, 3.63) is 0 Å². The van der Waals surface area contributed by atoms with Crippen molar-refractivity contribution in [2.75, 3.05) is 0 Å². The van der Waals surface area contributed by atoms with Crippen LogP contribution < -0.4 is 10.2 Å². The third kappa shape index (κ3) is 28.5. The van der Waals surface area contributed by atoms with Gasteiger partial charge in [0, 0.05) is 34.9 Å². The van der Waals surface area contributed by atoms with E-state index in [4.69, 9.17) is 0 Å². The van der Waals surface area contributed by atoms with E-state index in [-0.39, 0.29) is 24.4 Å². The minimum absolute atomic E-state index is 0. The number of rotatable bonds is 16. The van der Waals surface area contributed by atoms with Crippen LogP contribution in [0.5, 0.6) is 0 Å². The monoisotopic (exact) mass is 555 g/mol. The minimum Gasteiger partial charge on any atom is -0.549 e. The van der Waals surface area contributed by atoms with E-state index in [1.54, 1.807) is 0 Å². The molecule has 0 aliphatic carbocycles. The molecule has 0 aromatic carbocycles. The molecule has 4 nitrogen and oxygen atoms in total. The SMILES string of the molecule is CC(C)CCCCCCC(S)C(=O)[O-].CC(C)CCCCCCC(S)C(=O)[O-].[Sb]. The Hall–Kier alpha value is 0.458. The summed E-state index contributed by atoms with van der Waals surface area (Å²) in [6, 6.07) is 0. The zero-order chi connectivity index (χ0) is 21.9. The molecule has 0 amide bonds. The standard InChI is InChI=1S/2C11H22O2S.Sb/c2*1-9(2)7-5-3-4-6-8-10(14)11(12)13;/h2*9-10,14H,3-8H2,1-2H3,(H,12,13);/p-2. The van der Waals surface area contributed by atoms with Gasteiger partial charge in [0.2, 0.25) is 0 Å². The zero-order valence-electron chi connectivity index (χ0n) is 18.8. The second kappa shape index (κ2) is 23.1. The summed E-state index contributed by atoms with van der Waals surface area (Å²) in [5.41, 5.74) is 0. The van der Waals surface area contributed by atoms with E-state index in [1.807, 2.05) is 0 Å². The minimum atomic E-state index is -1.05. The van der Waals surface area contributed by atoms with Crippen molar-refractivity contribution in [2.45, 2.75) is 115 Å².